The number of nitrogens with one attached hydrogen (secondary N) is 1. The van der Waals surface area contributed by atoms with Gasteiger partial charge in [0.15, 0.2) is 0 Å². The number of anilines is 1. The van der Waals surface area contributed by atoms with Crippen LogP contribution in [0.5, 0.6) is 0 Å². The van der Waals surface area contributed by atoms with Crippen molar-refractivity contribution in [1.29, 1.82) is 0 Å². The van der Waals surface area contributed by atoms with Crippen molar-refractivity contribution in [3.8, 4) is 0 Å². The molecule has 0 heterocycles. The molecule has 1 aromatic carbocycles. The van der Waals surface area contributed by atoms with Crippen molar-refractivity contribution in [2.24, 2.45) is 0 Å². The van der Waals surface area contributed by atoms with Crippen LogP contribution in [-0.2, 0) is 0 Å². The summed E-state index contributed by atoms with van der Waals surface area (Å²) >= 11 is 9.46. The molecule has 0 saturated heterocycles. The second kappa shape index (κ2) is 5.39. The summed E-state index contributed by atoms with van der Waals surface area (Å²) in [5.41, 5.74) is 1.04. The Morgan fingerprint density at radius 1 is 1.25 bits per heavy atom. The van der Waals surface area contributed by atoms with Crippen molar-refractivity contribution in [3.63, 3.8) is 0 Å². The molecule has 1 saturated carbocycles. The van der Waals surface area contributed by atoms with Gasteiger partial charge in [0.25, 0.3) is 0 Å². The summed E-state index contributed by atoms with van der Waals surface area (Å²) in [6.45, 7) is 0. The third-order valence-corrected chi connectivity index (χ3v) is 3.91. The van der Waals surface area contributed by atoms with E-state index < -0.39 is 0 Å². The number of hydrogen-bond acceptors (Lipinski definition) is 2. The number of aliphatic hydroxyl groups is 1. The van der Waals surface area contributed by atoms with E-state index in [-0.39, 0.29) is 6.10 Å². The molecule has 0 spiro atoms. The van der Waals surface area contributed by atoms with Gasteiger partial charge in [-0.25, -0.2) is 0 Å². The van der Waals surface area contributed by atoms with Crippen LogP contribution in [0.4, 0.5) is 5.69 Å². The third kappa shape index (κ3) is 3.12. The fraction of sp³-hybridized carbons (Fsp3) is 0.500. The molecule has 0 radical (unpaired) electrons. The van der Waals surface area contributed by atoms with E-state index in [2.05, 4.69) is 21.2 Å². The highest BCUT2D eigenvalue weighted by Crippen LogP contribution is 2.29. The fourth-order valence-corrected chi connectivity index (χ4v) is 2.58. The van der Waals surface area contributed by atoms with Crippen LogP contribution in [-0.4, -0.2) is 17.3 Å². The molecule has 1 aliphatic carbocycles. The van der Waals surface area contributed by atoms with Crippen LogP contribution < -0.4 is 5.32 Å². The molecular weight excluding hydrogens is 289 g/mol. The van der Waals surface area contributed by atoms with E-state index in [1.165, 1.54) is 0 Å². The Balaban J connectivity index is 2.00. The van der Waals surface area contributed by atoms with Gasteiger partial charge in [-0.2, -0.15) is 0 Å². The predicted molar refractivity (Wildman–Crippen MR) is 71.0 cm³/mol. The molecule has 2 nitrogen and oxygen atoms in total. The van der Waals surface area contributed by atoms with Crippen LogP contribution in [0, 0.1) is 0 Å². The second-order valence-electron chi connectivity index (χ2n) is 4.27. The minimum absolute atomic E-state index is 0.110. The summed E-state index contributed by atoms with van der Waals surface area (Å²) in [7, 11) is 0. The fourth-order valence-electron chi connectivity index (χ4n) is 2.05. The molecule has 0 amide bonds. The molecule has 0 unspecified atom stereocenters. The quantitative estimate of drug-likeness (QED) is 0.870. The van der Waals surface area contributed by atoms with E-state index in [0.29, 0.717) is 6.04 Å². The number of hydrogen-bond donors (Lipinski definition) is 2. The molecule has 2 rings (SSSR count). The summed E-state index contributed by atoms with van der Waals surface area (Å²) in [4.78, 5) is 0. The van der Waals surface area contributed by atoms with Gasteiger partial charge in [0, 0.05) is 15.5 Å². The lowest BCUT2D eigenvalue weighted by Crippen LogP contribution is -2.28. The molecule has 0 bridgehead atoms. The normalized spacial score (nSPS) is 25.4. The largest absolute Gasteiger partial charge is 0.393 e. The highest BCUT2D eigenvalue weighted by molar-refractivity contribution is 9.10. The van der Waals surface area contributed by atoms with E-state index in [1.54, 1.807) is 0 Å². The van der Waals surface area contributed by atoms with Crippen LogP contribution in [0.25, 0.3) is 0 Å². The van der Waals surface area contributed by atoms with Crippen LogP contribution in [0.1, 0.15) is 25.7 Å². The Kier molecular flexibility index (Phi) is 4.11. The van der Waals surface area contributed by atoms with Gasteiger partial charge in [0.05, 0.1) is 11.8 Å². The Bertz CT molecular complexity index is 364. The van der Waals surface area contributed by atoms with Crippen molar-refractivity contribution >= 4 is 33.2 Å². The Morgan fingerprint density at radius 2 is 1.94 bits per heavy atom. The zero-order valence-electron chi connectivity index (χ0n) is 8.92. The van der Waals surface area contributed by atoms with Crippen molar-refractivity contribution < 1.29 is 5.11 Å². The highest BCUT2D eigenvalue weighted by atomic mass is 79.9. The second-order valence-corrected chi connectivity index (χ2v) is 5.56. The predicted octanol–water partition coefficient (Wildman–Crippen LogP) is 3.82. The number of aliphatic hydroxyl groups excluding tert-OH is 1. The van der Waals surface area contributed by atoms with Crippen molar-refractivity contribution in [2.75, 3.05) is 5.32 Å². The maximum atomic E-state index is 9.43. The van der Waals surface area contributed by atoms with E-state index in [9.17, 15) is 5.11 Å². The first-order chi connectivity index (χ1) is 7.65. The summed E-state index contributed by atoms with van der Waals surface area (Å²) in [6.07, 6.45) is 3.69. The average Bonchev–Trinajstić information content (AvgIpc) is 2.27. The molecule has 16 heavy (non-hydrogen) atoms. The first kappa shape index (κ1) is 12.2. The van der Waals surface area contributed by atoms with Gasteiger partial charge in [-0.1, -0.05) is 11.6 Å². The third-order valence-electron chi connectivity index (χ3n) is 2.98. The summed E-state index contributed by atoms with van der Waals surface area (Å²) in [5.74, 6) is 0. The zero-order valence-corrected chi connectivity index (χ0v) is 11.3. The van der Waals surface area contributed by atoms with Gasteiger partial charge in [-0.15, -0.1) is 0 Å². The number of benzene rings is 1. The van der Waals surface area contributed by atoms with Crippen LogP contribution in [0.3, 0.4) is 0 Å². The van der Waals surface area contributed by atoms with E-state index in [0.717, 1.165) is 40.9 Å². The van der Waals surface area contributed by atoms with Crippen LogP contribution >= 0.6 is 27.5 Å². The summed E-state index contributed by atoms with van der Waals surface area (Å²) in [6, 6.07) is 6.18. The minimum Gasteiger partial charge on any atom is -0.393 e. The van der Waals surface area contributed by atoms with Gasteiger partial charge >= 0.3 is 0 Å². The molecule has 1 fully saturated rings. The molecule has 1 aliphatic rings. The first-order valence-corrected chi connectivity index (χ1v) is 6.72. The van der Waals surface area contributed by atoms with E-state index >= 15 is 0 Å². The summed E-state index contributed by atoms with van der Waals surface area (Å²) < 4.78 is 1.03. The van der Waals surface area contributed by atoms with Crippen molar-refractivity contribution in [3.05, 3.63) is 27.7 Å². The Morgan fingerprint density at radius 3 is 2.62 bits per heavy atom. The zero-order chi connectivity index (χ0) is 11.5. The molecule has 2 N–H and O–H groups in total. The van der Waals surface area contributed by atoms with Crippen LogP contribution in [0.2, 0.25) is 5.02 Å². The summed E-state index contributed by atoms with van der Waals surface area (Å²) in [5, 5.41) is 13.6. The lowest BCUT2D eigenvalue weighted by Gasteiger charge is -2.27. The van der Waals surface area contributed by atoms with Crippen LogP contribution in [0.15, 0.2) is 22.7 Å². The molecule has 4 heteroatoms. The molecule has 0 aliphatic heterocycles. The van der Waals surface area contributed by atoms with Gasteiger partial charge < -0.3 is 10.4 Å². The molecule has 0 atom stereocenters. The standard InChI is InChI=1S/C12H15BrClNO/c13-11-6-1-8(14)7-12(11)15-9-2-4-10(16)5-3-9/h1,6-7,9-10,15-16H,2-5H2. The number of halogens is 2. The SMILES string of the molecule is OC1CCC(Nc2cc(Cl)ccc2Br)CC1. The molecule has 1 aromatic rings. The maximum absolute atomic E-state index is 9.43. The average molecular weight is 305 g/mol. The first-order valence-electron chi connectivity index (χ1n) is 5.55. The lowest BCUT2D eigenvalue weighted by atomic mass is 9.93. The molecule has 88 valence electrons. The minimum atomic E-state index is -0.110. The van der Waals surface area contributed by atoms with Gasteiger partial charge in [-0.05, 0) is 59.8 Å². The van der Waals surface area contributed by atoms with Gasteiger partial charge in [0.1, 0.15) is 0 Å². The van der Waals surface area contributed by atoms with Gasteiger partial charge in [-0.3, -0.25) is 0 Å². The van der Waals surface area contributed by atoms with E-state index in [4.69, 9.17) is 11.6 Å². The molecular formula is C12H15BrClNO. The molecule has 0 aromatic heterocycles. The highest BCUT2D eigenvalue weighted by Gasteiger charge is 2.19. The van der Waals surface area contributed by atoms with Crippen molar-refractivity contribution in [2.45, 2.75) is 37.8 Å². The topological polar surface area (TPSA) is 32.3 Å². The van der Waals surface area contributed by atoms with E-state index in [1.807, 2.05) is 18.2 Å². The Labute approximate surface area is 109 Å². The number of rotatable bonds is 2. The van der Waals surface area contributed by atoms with Gasteiger partial charge in [0.2, 0.25) is 0 Å². The maximum Gasteiger partial charge on any atom is 0.0541 e. The smallest absolute Gasteiger partial charge is 0.0541 e. The lowest BCUT2D eigenvalue weighted by molar-refractivity contribution is 0.126. The van der Waals surface area contributed by atoms with Crippen molar-refractivity contribution in [1.82, 2.24) is 0 Å². The monoisotopic (exact) mass is 303 g/mol. The Hall–Kier alpha value is -0.250.